The first kappa shape index (κ1) is 39.2. The zero-order chi connectivity index (χ0) is 42.3. The number of hydrogen-bond acceptors (Lipinski definition) is 9. The maximum absolute atomic E-state index is 16.8. The van der Waals surface area contributed by atoms with Gasteiger partial charge in [0.1, 0.15) is 24.1 Å². The predicted octanol–water partition coefficient (Wildman–Crippen LogP) is 6.74. The topological polar surface area (TPSA) is 115 Å². The quantitative estimate of drug-likeness (QED) is 0.196. The minimum Gasteiger partial charge on any atom is -0.508 e. The van der Waals surface area contributed by atoms with Crippen LogP contribution >= 0.6 is 0 Å². The highest BCUT2D eigenvalue weighted by Gasteiger charge is 2.48. The molecule has 0 aromatic heterocycles. The number of benzene rings is 4. The normalized spacial score (nSPS) is 25.6. The molecule has 4 aromatic rings. The van der Waals surface area contributed by atoms with Crippen LogP contribution in [-0.4, -0.2) is 97.7 Å². The lowest BCUT2D eigenvalue weighted by molar-refractivity contribution is -0.136. The molecule has 7 aliphatic rings. The van der Waals surface area contributed by atoms with E-state index in [1.54, 1.807) is 18.1 Å². The van der Waals surface area contributed by atoms with Crippen molar-refractivity contribution in [3.63, 3.8) is 0 Å². The monoisotopic (exact) mass is 839 g/mol. The van der Waals surface area contributed by atoms with Gasteiger partial charge in [-0.25, -0.2) is 4.39 Å². The number of fused-ring (bicyclic) bond motifs is 6. The van der Waals surface area contributed by atoms with Crippen LogP contribution in [0.25, 0.3) is 0 Å². The Kier molecular flexibility index (Phi) is 9.70. The molecular weight excluding hydrogens is 786 g/mol. The van der Waals surface area contributed by atoms with Gasteiger partial charge < -0.3 is 29.3 Å². The number of halogens is 1. The zero-order valence-corrected chi connectivity index (χ0v) is 35.3. The average Bonchev–Trinajstić information content (AvgIpc) is 3.61. The van der Waals surface area contributed by atoms with Crippen LogP contribution in [0.15, 0.2) is 72.8 Å². The third-order valence-corrected chi connectivity index (χ3v) is 15.5. The van der Waals surface area contributed by atoms with Crippen LogP contribution in [-0.2, 0) is 22.6 Å². The van der Waals surface area contributed by atoms with Gasteiger partial charge >= 0.3 is 0 Å². The summed E-state index contributed by atoms with van der Waals surface area (Å²) in [5.74, 6) is 0.864. The Bertz CT molecular complexity index is 2450. The summed E-state index contributed by atoms with van der Waals surface area (Å²) in [6.07, 6.45) is 6.83. The standard InChI is InChI=1S/C50H54FN5O6/c1-61-47-38(44-35(31-5-3-2-4-6-31)9-7-32-23-34(57)8-10-36(32)44)12-13-40(45(47)51)54-19-17-50(18-20-54)24-30(25-50)26-53-21-22-55-33(27-53)29-62-46-39-28-56(42-15-16-43(58)52-48(42)59)49(60)37(39)11-14-41(46)55/h2-6,8,10-14,23,30,33,35,42,44,57H,7,9,15-22,24-29H2,1H3,(H,52,58,59)/t33-,35-,42+,44+/m1/s1. The summed E-state index contributed by atoms with van der Waals surface area (Å²) < 4.78 is 29.2. The van der Waals surface area contributed by atoms with E-state index in [1.807, 2.05) is 36.4 Å². The van der Waals surface area contributed by atoms with Gasteiger partial charge in [-0.2, -0.15) is 0 Å². The second-order valence-electron chi connectivity index (χ2n) is 19.0. The van der Waals surface area contributed by atoms with Crippen molar-refractivity contribution in [1.82, 2.24) is 15.1 Å². The number of amides is 3. The van der Waals surface area contributed by atoms with Gasteiger partial charge in [0.15, 0.2) is 11.6 Å². The molecule has 3 saturated heterocycles. The number of piperidine rings is 2. The van der Waals surface area contributed by atoms with Crippen molar-refractivity contribution >= 4 is 29.1 Å². The maximum Gasteiger partial charge on any atom is 0.255 e. The molecule has 11 nitrogen and oxygen atoms in total. The number of anilines is 2. The summed E-state index contributed by atoms with van der Waals surface area (Å²) in [7, 11) is 1.58. The number of methoxy groups -OCH3 is 1. The number of piperazine rings is 1. The van der Waals surface area contributed by atoms with Crippen molar-refractivity contribution in [2.75, 3.05) is 62.8 Å². The number of nitrogens with zero attached hydrogens (tertiary/aromatic N) is 4. The lowest BCUT2D eigenvalue weighted by atomic mass is 9.57. The molecule has 0 radical (unpaired) electrons. The molecule has 4 aromatic carbocycles. The van der Waals surface area contributed by atoms with Gasteiger partial charge in [-0.3, -0.25) is 24.6 Å². The van der Waals surface area contributed by atoms with Gasteiger partial charge in [0.2, 0.25) is 11.8 Å². The summed E-state index contributed by atoms with van der Waals surface area (Å²) in [5, 5.41) is 12.7. The summed E-state index contributed by atoms with van der Waals surface area (Å²) in [5.41, 5.74) is 7.69. The van der Waals surface area contributed by atoms with Gasteiger partial charge in [0.05, 0.1) is 31.1 Å². The number of carbonyl (C=O) groups excluding carboxylic acids is 3. The number of nitrogens with one attached hydrogen (secondary N) is 1. The number of phenols is 1. The van der Waals surface area contributed by atoms with E-state index in [0.29, 0.717) is 47.9 Å². The molecule has 3 amide bonds. The summed E-state index contributed by atoms with van der Waals surface area (Å²) >= 11 is 0. The highest BCUT2D eigenvalue weighted by molar-refractivity contribution is 6.06. The number of carbonyl (C=O) groups is 3. The molecule has 0 unspecified atom stereocenters. The second-order valence-corrected chi connectivity index (χ2v) is 19.0. The Labute approximate surface area is 361 Å². The highest BCUT2D eigenvalue weighted by atomic mass is 19.1. The molecule has 2 N–H and O–H groups in total. The lowest BCUT2D eigenvalue weighted by Gasteiger charge is -2.54. The zero-order valence-electron chi connectivity index (χ0n) is 35.3. The van der Waals surface area contributed by atoms with E-state index in [0.717, 1.165) is 98.6 Å². The molecule has 12 heteroatoms. The number of phenolic OH excluding ortho intramolecular Hbond substituents is 1. The number of imide groups is 1. The van der Waals surface area contributed by atoms with E-state index in [9.17, 15) is 19.5 Å². The largest absolute Gasteiger partial charge is 0.508 e. The summed E-state index contributed by atoms with van der Waals surface area (Å²) in [6.45, 7) is 6.34. The molecule has 4 atom stereocenters. The Hall–Kier alpha value is -5.62. The average molecular weight is 840 g/mol. The number of aromatic hydroxyl groups is 1. The highest BCUT2D eigenvalue weighted by Crippen LogP contribution is 2.55. The van der Waals surface area contributed by atoms with Gasteiger partial charge in [0, 0.05) is 68.3 Å². The third-order valence-electron chi connectivity index (χ3n) is 15.5. The Morgan fingerprint density at radius 2 is 1.68 bits per heavy atom. The first-order valence-electron chi connectivity index (χ1n) is 22.6. The summed E-state index contributed by atoms with van der Waals surface area (Å²) in [6, 6.07) is 23.6. The predicted molar refractivity (Wildman–Crippen MR) is 233 cm³/mol. The molecule has 1 spiro atoms. The Morgan fingerprint density at radius 3 is 2.47 bits per heavy atom. The van der Waals surface area contributed by atoms with Gasteiger partial charge in [-0.1, -0.05) is 42.5 Å². The number of hydrogen-bond donors (Lipinski definition) is 2. The maximum atomic E-state index is 16.8. The van der Waals surface area contributed by atoms with Crippen LogP contribution in [0.1, 0.15) is 95.0 Å². The fourth-order valence-electron chi connectivity index (χ4n) is 12.5. The van der Waals surface area contributed by atoms with Crippen molar-refractivity contribution < 1.29 is 33.4 Å². The molecule has 5 aliphatic heterocycles. The van der Waals surface area contributed by atoms with Crippen LogP contribution < -0.4 is 24.6 Å². The van der Waals surface area contributed by atoms with Gasteiger partial charge in [-0.15, -0.1) is 0 Å². The first-order valence-corrected chi connectivity index (χ1v) is 22.6. The van der Waals surface area contributed by atoms with E-state index < -0.39 is 11.9 Å². The molecule has 11 rings (SSSR count). The Balaban J connectivity index is 0.716. The number of aryl methyl sites for hydroxylation is 1. The second kappa shape index (κ2) is 15.3. The minimum absolute atomic E-state index is 0.103. The van der Waals surface area contributed by atoms with Crippen LogP contribution in [0.2, 0.25) is 0 Å². The fourth-order valence-corrected chi connectivity index (χ4v) is 12.5. The third kappa shape index (κ3) is 6.59. The molecule has 5 heterocycles. The van der Waals surface area contributed by atoms with E-state index >= 15 is 4.39 Å². The van der Waals surface area contributed by atoms with Crippen LogP contribution in [0.4, 0.5) is 15.8 Å². The van der Waals surface area contributed by atoms with Gasteiger partial charge in [-0.05, 0) is 109 Å². The molecule has 322 valence electrons. The SMILES string of the molecule is COc1c([C@@H]2c3ccc(O)cc3CC[C@@H]2c2ccccc2)ccc(N2CCC3(CC2)CC(CN2CCN4c5ccc6c(c5OC[C@H]4C2)CN([C@H]2CCC(=O)NC2=O)C6=O)C3)c1F. The first-order chi connectivity index (χ1) is 30.2. The molecule has 0 bridgehead atoms. The summed E-state index contributed by atoms with van der Waals surface area (Å²) in [4.78, 5) is 46.6. The van der Waals surface area contributed by atoms with Crippen molar-refractivity contribution in [3.8, 4) is 17.2 Å². The molecule has 4 fully saturated rings. The molecule has 62 heavy (non-hydrogen) atoms. The lowest BCUT2D eigenvalue weighted by Crippen LogP contribution is -2.59. The smallest absolute Gasteiger partial charge is 0.255 e. The number of ether oxygens (including phenoxy) is 2. The van der Waals surface area contributed by atoms with E-state index in [1.165, 1.54) is 18.4 Å². The van der Waals surface area contributed by atoms with Crippen molar-refractivity contribution in [2.24, 2.45) is 11.3 Å². The van der Waals surface area contributed by atoms with E-state index in [2.05, 4.69) is 50.3 Å². The minimum atomic E-state index is -0.649. The van der Waals surface area contributed by atoms with Crippen LogP contribution in [0, 0.1) is 17.2 Å². The van der Waals surface area contributed by atoms with Gasteiger partial charge in [0.25, 0.3) is 5.91 Å². The van der Waals surface area contributed by atoms with Crippen molar-refractivity contribution in [1.29, 1.82) is 0 Å². The molecule has 1 saturated carbocycles. The van der Waals surface area contributed by atoms with Crippen LogP contribution in [0.5, 0.6) is 17.2 Å². The van der Waals surface area contributed by atoms with E-state index in [4.69, 9.17) is 9.47 Å². The number of rotatable bonds is 7. The van der Waals surface area contributed by atoms with Crippen molar-refractivity contribution in [2.45, 2.75) is 81.8 Å². The molecular formula is C50H54FN5O6. The Morgan fingerprint density at radius 1 is 0.887 bits per heavy atom. The van der Waals surface area contributed by atoms with E-state index in [-0.39, 0.29) is 47.7 Å². The van der Waals surface area contributed by atoms with Crippen LogP contribution in [0.3, 0.4) is 0 Å². The van der Waals surface area contributed by atoms with Crippen molar-refractivity contribution in [3.05, 3.63) is 112 Å². The molecule has 2 aliphatic carbocycles. The fraction of sp³-hybridized carbons (Fsp3) is 0.460.